The van der Waals surface area contributed by atoms with Crippen molar-refractivity contribution in [2.45, 2.75) is 13.5 Å². The van der Waals surface area contributed by atoms with E-state index in [0.29, 0.717) is 6.61 Å². The number of hydrogen-bond acceptors (Lipinski definition) is 3. The van der Waals surface area contributed by atoms with Crippen LogP contribution < -0.4 is 6.15 Å². The van der Waals surface area contributed by atoms with Gasteiger partial charge in [-0.1, -0.05) is 60.7 Å². The molecule has 0 amide bonds. The van der Waals surface area contributed by atoms with Gasteiger partial charge in [0.15, 0.2) is 0 Å². The highest BCUT2D eigenvalue weighted by Gasteiger charge is 2.02. The third-order valence-corrected chi connectivity index (χ3v) is 2.79. The highest BCUT2D eigenvalue weighted by atomic mass is 16.5. The number of carbonyl (C=O) groups is 1. The Morgan fingerprint density at radius 2 is 1.85 bits per heavy atom. The van der Waals surface area contributed by atoms with Crippen molar-refractivity contribution in [2.75, 3.05) is 0 Å². The van der Waals surface area contributed by atoms with Crippen LogP contribution in [0.3, 0.4) is 0 Å². The van der Waals surface area contributed by atoms with E-state index in [0.717, 1.165) is 16.3 Å². The third-order valence-electron chi connectivity index (χ3n) is 2.79. The molecule has 3 N–H and O–H groups in total. The van der Waals surface area contributed by atoms with Gasteiger partial charge in [-0.05, 0) is 23.3 Å². The molecule has 3 nitrogen and oxygen atoms in total. The Morgan fingerprint density at radius 1 is 1.10 bits per heavy atom. The van der Waals surface area contributed by atoms with E-state index in [2.05, 4.69) is 0 Å². The molecular formula is C17H19NO2. The van der Waals surface area contributed by atoms with Crippen LogP contribution in [-0.2, 0) is 16.1 Å². The molecule has 0 radical (unpaired) electrons. The fraction of sp³-hybridized carbons (Fsp3) is 0.118. The average molecular weight is 269 g/mol. The molecule has 0 spiro atoms. The first-order chi connectivity index (χ1) is 9.31. The van der Waals surface area contributed by atoms with Gasteiger partial charge in [-0.3, -0.25) is 0 Å². The molecule has 0 aliphatic carbocycles. The zero-order valence-electron chi connectivity index (χ0n) is 11.6. The topological polar surface area (TPSA) is 61.3 Å². The largest absolute Gasteiger partial charge is 0.458 e. The van der Waals surface area contributed by atoms with Gasteiger partial charge in [-0.15, -0.1) is 0 Å². The summed E-state index contributed by atoms with van der Waals surface area (Å²) in [5.74, 6) is -0.328. The van der Waals surface area contributed by atoms with E-state index in [9.17, 15) is 4.79 Å². The van der Waals surface area contributed by atoms with Gasteiger partial charge in [-0.25, -0.2) is 4.79 Å². The maximum Gasteiger partial charge on any atom is 0.331 e. The number of carbonyl (C=O) groups excluding carboxylic acids is 1. The van der Waals surface area contributed by atoms with Crippen molar-refractivity contribution >= 4 is 16.7 Å². The first-order valence-electron chi connectivity index (χ1n) is 6.24. The standard InChI is InChI=1S/C17H16O2.H3N/c1-2-3-4-12-17(18)19-13-15-10-7-9-14-8-5-6-11-16(14)15;/h2-12H,13H2,1H3;1H3/b3-2+,12-4+;. The second-order valence-electron chi connectivity index (χ2n) is 4.13. The van der Waals surface area contributed by atoms with Crippen molar-refractivity contribution in [1.82, 2.24) is 6.15 Å². The molecule has 0 fully saturated rings. The predicted molar refractivity (Wildman–Crippen MR) is 82.7 cm³/mol. The fourth-order valence-electron chi connectivity index (χ4n) is 1.86. The van der Waals surface area contributed by atoms with Crippen molar-refractivity contribution in [2.24, 2.45) is 0 Å². The summed E-state index contributed by atoms with van der Waals surface area (Å²) in [6.45, 7) is 2.19. The summed E-state index contributed by atoms with van der Waals surface area (Å²) < 4.78 is 5.22. The second kappa shape index (κ2) is 7.92. The van der Waals surface area contributed by atoms with Crippen LogP contribution in [0.4, 0.5) is 0 Å². The summed E-state index contributed by atoms with van der Waals surface area (Å²) in [6.07, 6.45) is 6.74. The molecule has 2 rings (SSSR count). The molecule has 0 atom stereocenters. The smallest absolute Gasteiger partial charge is 0.331 e. The van der Waals surface area contributed by atoms with Crippen LogP contribution in [0.5, 0.6) is 0 Å². The van der Waals surface area contributed by atoms with Gasteiger partial charge in [-0.2, -0.15) is 0 Å². The molecule has 0 heterocycles. The van der Waals surface area contributed by atoms with Crippen LogP contribution in [-0.4, -0.2) is 5.97 Å². The van der Waals surface area contributed by atoms with E-state index in [1.54, 1.807) is 12.2 Å². The monoisotopic (exact) mass is 269 g/mol. The molecule has 0 aliphatic rings. The Hall–Kier alpha value is -2.39. The van der Waals surface area contributed by atoms with Crippen molar-refractivity contribution in [3.63, 3.8) is 0 Å². The molecule has 0 saturated heterocycles. The first kappa shape index (κ1) is 15.7. The van der Waals surface area contributed by atoms with E-state index in [-0.39, 0.29) is 12.1 Å². The van der Waals surface area contributed by atoms with Crippen LogP contribution in [0.25, 0.3) is 10.8 Å². The zero-order chi connectivity index (χ0) is 13.5. The quantitative estimate of drug-likeness (QED) is 0.514. The lowest BCUT2D eigenvalue weighted by molar-refractivity contribution is -0.138. The second-order valence-corrected chi connectivity index (χ2v) is 4.13. The van der Waals surface area contributed by atoms with Gasteiger partial charge < -0.3 is 10.9 Å². The summed E-state index contributed by atoms with van der Waals surface area (Å²) in [6, 6.07) is 14.1. The number of rotatable bonds is 4. The SMILES string of the molecule is C/C=C/C=C/C(=O)OCc1cccc2ccccc12.N. The van der Waals surface area contributed by atoms with Gasteiger partial charge >= 0.3 is 5.97 Å². The van der Waals surface area contributed by atoms with E-state index in [4.69, 9.17) is 4.74 Å². The van der Waals surface area contributed by atoms with E-state index >= 15 is 0 Å². The predicted octanol–water partition coefficient (Wildman–Crippen LogP) is 4.18. The Labute approximate surface area is 119 Å². The molecule has 2 aromatic rings. The molecular weight excluding hydrogens is 250 g/mol. The average Bonchev–Trinajstić information content (AvgIpc) is 2.45. The van der Waals surface area contributed by atoms with E-state index in [1.807, 2.05) is 55.5 Å². The molecule has 2 aromatic carbocycles. The summed E-state index contributed by atoms with van der Waals surface area (Å²) >= 11 is 0. The molecule has 0 aliphatic heterocycles. The lowest BCUT2D eigenvalue weighted by atomic mass is 10.1. The lowest BCUT2D eigenvalue weighted by Gasteiger charge is -2.06. The lowest BCUT2D eigenvalue weighted by Crippen LogP contribution is -2.01. The number of allylic oxidation sites excluding steroid dienone is 3. The number of benzene rings is 2. The molecule has 3 heteroatoms. The Balaban J connectivity index is 0.00000200. The summed E-state index contributed by atoms with van der Waals surface area (Å²) in [7, 11) is 0. The van der Waals surface area contributed by atoms with Crippen LogP contribution >= 0.6 is 0 Å². The van der Waals surface area contributed by atoms with E-state index in [1.165, 1.54) is 6.08 Å². The number of esters is 1. The van der Waals surface area contributed by atoms with Crippen molar-refractivity contribution in [3.8, 4) is 0 Å². The molecule has 0 saturated carbocycles. The van der Waals surface area contributed by atoms with Crippen molar-refractivity contribution in [3.05, 3.63) is 72.3 Å². The first-order valence-corrected chi connectivity index (χ1v) is 6.24. The molecule has 104 valence electrons. The molecule has 0 bridgehead atoms. The minimum absolute atomic E-state index is 0. The summed E-state index contributed by atoms with van der Waals surface area (Å²) in [5.41, 5.74) is 1.02. The van der Waals surface area contributed by atoms with Gasteiger partial charge in [0.2, 0.25) is 0 Å². The van der Waals surface area contributed by atoms with Crippen LogP contribution in [0, 0.1) is 0 Å². The Morgan fingerprint density at radius 3 is 2.65 bits per heavy atom. The van der Waals surface area contributed by atoms with E-state index < -0.39 is 0 Å². The third kappa shape index (κ3) is 4.07. The molecule has 0 unspecified atom stereocenters. The fourth-order valence-corrected chi connectivity index (χ4v) is 1.86. The van der Waals surface area contributed by atoms with Gasteiger partial charge in [0.1, 0.15) is 6.61 Å². The normalized spacial score (nSPS) is 10.8. The van der Waals surface area contributed by atoms with Gasteiger partial charge in [0.05, 0.1) is 0 Å². The highest BCUT2D eigenvalue weighted by molar-refractivity contribution is 5.86. The summed E-state index contributed by atoms with van der Waals surface area (Å²) in [4.78, 5) is 11.5. The Kier molecular flexibility index (Phi) is 6.20. The minimum Gasteiger partial charge on any atom is -0.458 e. The number of ether oxygens (including phenoxy) is 1. The minimum atomic E-state index is -0.328. The van der Waals surface area contributed by atoms with Gasteiger partial charge in [0, 0.05) is 6.08 Å². The maximum atomic E-state index is 11.5. The van der Waals surface area contributed by atoms with Gasteiger partial charge in [0.25, 0.3) is 0 Å². The number of hydrogen-bond donors (Lipinski definition) is 1. The summed E-state index contributed by atoms with van der Waals surface area (Å²) in [5, 5.41) is 2.27. The van der Waals surface area contributed by atoms with Crippen LogP contribution in [0.2, 0.25) is 0 Å². The maximum absolute atomic E-state index is 11.5. The molecule has 0 aromatic heterocycles. The number of fused-ring (bicyclic) bond motifs is 1. The Bertz CT molecular complexity index is 624. The van der Waals surface area contributed by atoms with Crippen molar-refractivity contribution < 1.29 is 9.53 Å². The van der Waals surface area contributed by atoms with Crippen LogP contribution in [0.15, 0.2) is 66.8 Å². The van der Waals surface area contributed by atoms with Crippen LogP contribution in [0.1, 0.15) is 12.5 Å². The van der Waals surface area contributed by atoms with Crippen molar-refractivity contribution in [1.29, 1.82) is 0 Å². The zero-order valence-corrected chi connectivity index (χ0v) is 11.6. The molecule has 20 heavy (non-hydrogen) atoms. The highest BCUT2D eigenvalue weighted by Crippen LogP contribution is 2.19.